The number of carbonyl (C=O) groups excluding carboxylic acids is 8. The van der Waals surface area contributed by atoms with Crippen molar-refractivity contribution in [2.75, 3.05) is 145 Å². The number of para-hydroxylation sites is 2. The second kappa shape index (κ2) is 81.3. The van der Waals surface area contributed by atoms with Gasteiger partial charge in [-0.1, -0.05) is 164 Å². The topological polar surface area (TPSA) is 303 Å². The summed E-state index contributed by atoms with van der Waals surface area (Å²) in [5.74, 6) is 7.70. The Morgan fingerprint density at radius 1 is 0.279 bits per heavy atom. The number of fused-ring (bicyclic) bond motifs is 10. The molecule has 788 valence electrons. The first kappa shape index (κ1) is 125. The molecule has 4 aromatic rings. The number of hydrogen-bond donors (Lipinski definition) is 0. The molecule has 140 heavy (non-hydrogen) atoms. The Morgan fingerprint density at radius 3 is 0.750 bits per heavy atom. The third-order valence-corrected chi connectivity index (χ3v) is 24.2. The Bertz CT molecular complexity index is 3650. The number of benzene rings is 4. The van der Waals surface area contributed by atoms with Crippen LogP contribution in [0.15, 0.2) is 170 Å². The SMILES string of the molecule is C1CC2C3CCC(C3)C2C1.C1CC2C3CCC(C3)C2C1.C=C(C)C(=O)OCCCC(=O)OC(COCCCCOCC)COc1ccccc1.C=C(C)C(=O)OCCCC(=O)OC(COCCCCOCC)COc1ccccc1.C=C(C)C(=O)OCCCC(=O)OC(COCCCCOCC)c1ccccc1.C=C(C)C(=O)OCCCC(=O)OC(COCCCCOCC)c1ccccc1.CC.CC. The van der Waals surface area contributed by atoms with Crippen LogP contribution in [0.2, 0.25) is 0 Å². The smallest absolute Gasteiger partial charge is 0.333 e. The van der Waals surface area contributed by atoms with E-state index in [2.05, 4.69) is 26.3 Å². The zero-order valence-corrected chi connectivity index (χ0v) is 87.3. The molecular formula is C114H176O26. The fourth-order valence-corrected chi connectivity index (χ4v) is 17.4. The van der Waals surface area contributed by atoms with Gasteiger partial charge in [0.1, 0.15) is 24.7 Å². The van der Waals surface area contributed by atoms with E-state index >= 15 is 0 Å². The fraction of sp³-hybridized carbons (Fsp3) is 0.649. The minimum absolute atomic E-state index is 0.139. The molecule has 6 fully saturated rings. The Kier molecular flexibility index (Phi) is 72.6. The molecule has 6 aliphatic carbocycles. The lowest BCUT2D eigenvalue weighted by Gasteiger charge is -2.23. The van der Waals surface area contributed by atoms with Gasteiger partial charge in [0.15, 0.2) is 24.4 Å². The third kappa shape index (κ3) is 57.8. The van der Waals surface area contributed by atoms with Crippen LogP contribution in [0.3, 0.4) is 0 Å². The molecule has 12 unspecified atom stereocenters. The van der Waals surface area contributed by atoms with Crippen LogP contribution in [0.1, 0.15) is 286 Å². The van der Waals surface area contributed by atoms with Crippen LogP contribution in [-0.4, -0.2) is 205 Å². The van der Waals surface area contributed by atoms with Gasteiger partial charge >= 0.3 is 47.8 Å². The van der Waals surface area contributed by atoms with Crippen molar-refractivity contribution in [3.63, 3.8) is 0 Å². The summed E-state index contributed by atoms with van der Waals surface area (Å²) in [4.78, 5) is 93.9. The van der Waals surface area contributed by atoms with Crippen LogP contribution in [0.4, 0.5) is 0 Å². The lowest BCUT2D eigenvalue weighted by atomic mass is 9.82. The van der Waals surface area contributed by atoms with E-state index in [1.165, 1.54) is 47.3 Å². The summed E-state index contributed by atoms with van der Waals surface area (Å²) < 4.78 is 97.4. The summed E-state index contributed by atoms with van der Waals surface area (Å²) in [7, 11) is 0. The van der Waals surface area contributed by atoms with Crippen molar-refractivity contribution >= 4 is 47.8 Å². The number of unbranched alkanes of at least 4 members (excludes halogenated alkanes) is 4. The lowest BCUT2D eigenvalue weighted by molar-refractivity contribution is -0.155. The average molecular weight is 1960 g/mol. The highest BCUT2D eigenvalue weighted by Crippen LogP contribution is 2.59. The van der Waals surface area contributed by atoms with Crippen molar-refractivity contribution in [1.82, 2.24) is 0 Å². The van der Waals surface area contributed by atoms with Crippen molar-refractivity contribution < 1.29 is 124 Å². The first-order valence-electron chi connectivity index (χ1n) is 52.2. The van der Waals surface area contributed by atoms with Crippen molar-refractivity contribution in [3.05, 3.63) is 181 Å². The highest BCUT2D eigenvalue weighted by atomic mass is 16.6. The molecule has 26 nitrogen and oxygen atoms in total. The Labute approximate surface area is 839 Å². The number of esters is 8. The van der Waals surface area contributed by atoms with E-state index in [0.717, 1.165) is 88.9 Å². The lowest BCUT2D eigenvalue weighted by Crippen LogP contribution is -2.30. The number of carbonyl (C=O) groups is 8. The quantitative estimate of drug-likeness (QED) is 0.0172. The molecule has 6 saturated carbocycles. The van der Waals surface area contributed by atoms with Crippen LogP contribution in [-0.2, 0) is 114 Å². The minimum atomic E-state index is -0.525. The van der Waals surface area contributed by atoms with E-state index in [-0.39, 0.29) is 102 Å². The van der Waals surface area contributed by atoms with Gasteiger partial charge in [-0.05, 0) is 279 Å². The highest BCUT2D eigenvalue weighted by molar-refractivity contribution is 5.88. The molecule has 4 bridgehead atoms. The van der Waals surface area contributed by atoms with Crippen molar-refractivity contribution in [2.45, 2.75) is 287 Å². The fourth-order valence-electron chi connectivity index (χ4n) is 17.4. The molecule has 6 aliphatic rings. The molecule has 0 amide bonds. The van der Waals surface area contributed by atoms with E-state index in [4.69, 9.17) is 85.3 Å². The summed E-state index contributed by atoms with van der Waals surface area (Å²) in [5, 5.41) is 0. The maximum Gasteiger partial charge on any atom is 0.333 e. The van der Waals surface area contributed by atoms with Gasteiger partial charge in [0.2, 0.25) is 0 Å². The molecule has 0 radical (unpaired) electrons. The highest BCUT2D eigenvalue weighted by Gasteiger charge is 2.50. The summed E-state index contributed by atoms with van der Waals surface area (Å²) >= 11 is 0. The second-order valence-corrected chi connectivity index (χ2v) is 35.4. The monoisotopic (exact) mass is 1960 g/mol. The van der Waals surface area contributed by atoms with E-state index in [9.17, 15) is 38.4 Å². The summed E-state index contributed by atoms with van der Waals surface area (Å²) in [6.45, 7) is 46.4. The van der Waals surface area contributed by atoms with Gasteiger partial charge in [0.05, 0.1) is 52.9 Å². The molecule has 0 spiro atoms. The standard InChI is InChI=1S/2C23H34O7.2C22H32O6.2C10H16.2C2H6/c2*1-4-26-14-8-9-15-27-17-21(18-29-20-11-6-5-7-12-20)30-22(24)13-10-16-28-23(25)19(2)3;2*1-4-25-14-8-9-15-26-17-20(19-11-6-5-7-12-19)28-21(23)13-10-16-27-22(24)18(2)3;2*1-2-9-7-4-5-8(6-7)10(9)3-1;2*1-2/h2*5-7,11-12,21H,2,4,8-10,13-18H2,1,3H3;2*5-7,11-12,20H,2,4,8-10,13-17H2,1,3H3;2*7-10H,1-6H2;2*1-2H3. The predicted molar refractivity (Wildman–Crippen MR) is 546 cm³/mol. The molecule has 0 aromatic heterocycles. The van der Waals surface area contributed by atoms with Crippen LogP contribution in [0, 0.1) is 47.3 Å². The van der Waals surface area contributed by atoms with Gasteiger partial charge in [-0.3, -0.25) is 19.2 Å². The van der Waals surface area contributed by atoms with E-state index in [0.29, 0.717) is 126 Å². The Morgan fingerprint density at radius 2 is 0.507 bits per heavy atom. The number of rotatable bonds is 64. The summed E-state index contributed by atoms with van der Waals surface area (Å²) in [6, 6.07) is 37.7. The number of ether oxygens (including phenoxy) is 18. The summed E-state index contributed by atoms with van der Waals surface area (Å²) in [6.07, 6.45) is 26.5. The molecule has 26 heteroatoms. The van der Waals surface area contributed by atoms with Crippen molar-refractivity contribution in [3.8, 4) is 11.5 Å². The molecule has 0 heterocycles. The van der Waals surface area contributed by atoms with E-state index < -0.39 is 48.3 Å². The Hall–Kier alpha value is -9.12. The molecule has 10 rings (SSSR count). The first-order valence-corrected chi connectivity index (χ1v) is 52.2. The van der Waals surface area contributed by atoms with Gasteiger partial charge in [-0.2, -0.15) is 0 Å². The second-order valence-electron chi connectivity index (χ2n) is 35.4. The Balaban J connectivity index is 0.000000442. The predicted octanol–water partition coefficient (Wildman–Crippen LogP) is 23.1. The zero-order valence-electron chi connectivity index (χ0n) is 87.3. The average Bonchev–Trinajstić information content (AvgIpc) is 1.63. The van der Waals surface area contributed by atoms with Crippen LogP contribution >= 0.6 is 0 Å². The summed E-state index contributed by atoms with van der Waals surface area (Å²) in [5.41, 5.74) is 3.11. The van der Waals surface area contributed by atoms with Gasteiger partial charge < -0.3 is 85.3 Å². The van der Waals surface area contributed by atoms with Crippen LogP contribution < -0.4 is 9.47 Å². The van der Waals surface area contributed by atoms with Gasteiger partial charge in [0, 0.05) is 127 Å². The normalized spacial score (nSPS) is 17.9. The molecular weight excluding hydrogens is 1790 g/mol. The van der Waals surface area contributed by atoms with Crippen LogP contribution in [0.5, 0.6) is 11.5 Å². The first-order chi connectivity index (χ1) is 68.0. The van der Waals surface area contributed by atoms with Gasteiger partial charge in [-0.15, -0.1) is 0 Å². The minimum Gasteiger partial charge on any atom is -0.490 e. The van der Waals surface area contributed by atoms with E-state index in [1.54, 1.807) is 105 Å². The van der Waals surface area contributed by atoms with Crippen molar-refractivity contribution in [2.24, 2.45) is 47.3 Å². The third-order valence-electron chi connectivity index (χ3n) is 24.2. The maximum absolute atomic E-state index is 12.2. The molecule has 4 aromatic carbocycles. The molecule has 0 aliphatic heterocycles. The zero-order chi connectivity index (χ0) is 102. The van der Waals surface area contributed by atoms with Crippen molar-refractivity contribution in [1.29, 1.82) is 0 Å². The molecule has 0 saturated heterocycles. The maximum atomic E-state index is 12.2. The largest absolute Gasteiger partial charge is 0.490 e. The van der Waals surface area contributed by atoms with Gasteiger partial charge in [0.25, 0.3) is 0 Å². The number of hydrogen-bond acceptors (Lipinski definition) is 26. The van der Waals surface area contributed by atoms with E-state index in [1.807, 2.05) is 177 Å². The molecule has 12 atom stereocenters. The van der Waals surface area contributed by atoms with Crippen LogP contribution in [0.25, 0.3) is 0 Å². The van der Waals surface area contributed by atoms with Gasteiger partial charge in [-0.25, -0.2) is 19.2 Å². The molecule has 0 N–H and O–H groups in total.